The molecular formula is C13H26N2O4. The highest BCUT2D eigenvalue weighted by molar-refractivity contribution is 5.85. The Morgan fingerprint density at radius 3 is 2.16 bits per heavy atom. The maximum absolute atomic E-state index is 12.5. The summed E-state index contributed by atoms with van der Waals surface area (Å²) in [5.41, 5.74) is -1.23. The van der Waals surface area contributed by atoms with Crippen LogP contribution in [0, 0.1) is 0 Å². The lowest BCUT2D eigenvalue weighted by Crippen LogP contribution is -2.58. The van der Waals surface area contributed by atoms with Gasteiger partial charge in [-0.25, -0.2) is 9.59 Å². The lowest BCUT2D eigenvalue weighted by Gasteiger charge is -2.39. The molecule has 0 heterocycles. The van der Waals surface area contributed by atoms with Crippen LogP contribution in [0.5, 0.6) is 0 Å². The predicted octanol–water partition coefficient (Wildman–Crippen LogP) is 1.65. The minimum absolute atomic E-state index is 0.0127. The molecule has 0 aliphatic carbocycles. The van der Waals surface area contributed by atoms with Crippen molar-refractivity contribution in [1.29, 1.82) is 0 Å². The second-order valence-electron chi connectivity index (χ2n) is 5.17. The molecule has 0 aromatic carbocycles. The standard InChI is InChI=1S/C13H26N2O4/c1-7-15(13(4,5)11(16)17)12(18)14(10(2)3)8-9-19-6/h10H,7-9H2,1-6H3,(H,16,17). The second kappa shape index (κ2) is 7.33. The molecule has 2 amide bonds. The van der Waals surface area contributed by atoms with Crippen molar-refractivity contribution in [3.8, 4) is 0 Å². The number of ether oxygens (including phenoxy) is 1. The van der Waals surface area contributed by atoms with E-state index in [1.807, 2.05) is 13.8 Å². The summed E-state index contributed by atoms with van der Waals surface area (Å²) in [7, 11) is 1.57. The predicted molar refractivity (Wildman–Crippen MR) is 73.2 cm³/mol. The summed E-state index contributed by atoms with van der Waals surface area (Å²) < 4.78 is 4.99. The molecule has 0 bridgehead atoms. The van der Waals surface area contributed by atoms with Crippen LogP contribution in [0.25, 0.3) is 0 Å². The first-order chi connectivity index (χ1) is 8.69. The van der Waals surface area contributed by atoms with Crippen molar-refractivity contribution in [2.45, 2.75) is 46.2 Å². The number of methoxy groups -OCH3 is 1. The molecule has 0 saturated carbocycles. The van der Waals surface area contributed by atoms with Crippen molar-refractivity contribution in [3.63, 3.8) is 0 Å². The summed E-state index contributed by atoms with van der Waals surface area (Å²) in [6, 6.07) is -0.289. The Bertz CT molecular complexity index is 316. The van der Waals surface area contributed by atoms with Gasteiger partial charge in [-0.2, -0.15) is 0 Å². The van der Waals surface area contributed by atoms with Gasteiger partial charge in [0.05, 0.1) is 6.61 Å². The third-order valence-corrected chi connectivity index (χ3v) is 3.15. The van der Waals surface area contributed by atoms with Crippen molar-refractivity contribution < 1.29 is 19.4 Å². The number of nitrogens with zero attached hydrogens (tertiary/aromatic N) is 2. The molecule has 0 atom stereocenters. The van der Waals surface area contributed by atoms with Crippen molar-refractivity contribution in [2.75, 3.05) is 26.8 Å². The molecule has 0 unspecified atom stereocenters. The maximum atomic E-state index is 12.5. The molecule has 6 heteroatoms. The molecule has 0 aromatic heterocycles. The molecule has 0 rings (SSSR count). The lowest BCUT2D eigenvalue weighted by molar-refractivity contribution is -0.147. The van der Waals surface area contributed by atoms with Crippen molar-refractivity contribution >= 4 is 12.0 Å². The van der Waals surface area contributed by atoms with Crippen molar-refractivity contribution in [3.05, 3.63) is 0 Å². The van der Waals surface area contributed by atoms with E-state index >= 15 is 0 Å². The van der Waals surface area contributed by atoms with Crippen molar-refractivity contribution in [2.24, 2.45) is 0 Å². The monoisotopic (exact) mass is 274 g/mol. The van der Waals surface area contributed by atoms with E-state index in [1.54, 1.807) is 18.9 Å². The van der Waals surface area contributed by atoms with Crippen LogP contribution in [0.1, 0.15) is 34.6 Å². The first-order valence-electron chi connectivity index (χ1n) is 6.50. The smallest absolute Gasteiger partial charge is 0.329 e. The fraction of sp³-hybridized carbons (Fsp3) is 0.846. The SMILES string of the molecule is CCN(C(=O)N(CCOC)C(C)C)C(C)(C)C(=O)O. The summed E-state index contributed by atoms with van der Waals surface area (Å²) in [6.45, 7) is 9.85. The van der Waals surface area contributed by atoms with Crippen LogP contribution in [-0.2, 0) is 9.53 Å². The normalized spacial score (nSPS) is 11.5. The molecule has 112 valence electrons. The van der Waals surface area contributed by atoms with Gasteiger partial charge >= 0.3 is 12.0 Å². The van der Waals surface area contributed by atoms with E-state index in [2.05, 4.69) is 0 Å². The van der Waals surface area contributed by atoms with Gasteiger partial charge in [-0.15, -0.1) is 0 Å². The number of likely N-dealkylation sites (N-methyl/N-ethyl adjacent to an activating group) is 1. The first kappa shape index (κ1) is 17.7. The van der Waals surface area contributed by atoms with Crippen LogP contribution < -0.4 is 0 Å². The molecular weight excluding hydrogens is 248 g/mol. The van der Waals surface area contributed by atoms with E-state index in [0.717, 1.165) is 0 Å². The molecule has 0 radical (unpaired) electrons. The fourth-order valence-corrected chi connectivity index (χ4v) is 1.80. The Hall–Kier alpha value is -1.30. The van der Waals surface area contributed by atoms with Gasteiger partial charge in [0.25, 0.3) is 0 Å². The van der Waals surface area contributed by atoms with E-state index in [1.165, 1.54) is 18.7 Å². The number of carbonyl (C=O) groups excluding carboxylic acids is 1. The van der Waals surface area contributed by atoms with Crippen LogP contribution in [-0.4, -0.2) is 65.3 Å². The van der Waals surface area contributed by atoms with Gasteiger partial charge in [0.15, 0.2) is 0 Å². The van der Waals surface area contributed by atoms with Crippen LogP contribution >= 0.6 is 0 Å². The molecule has 1 N–H and O–H groups in total. The highest BCUT2D eigenvalue weighted by atomic mass is 16.5. The average Bonchev–Trinajstić information content (AvgIpc) is 2.29. The van der Waals surface area contributed by atoms with Gasteiger partial charge in [-0.05, 0) is 34.6 Å². The van der Waals surface area contributed by atoms with E-state index in [-0.39, 0.29) is 12.1 Å². The largest absolute Gasteiger partial charge is 0.480 e. The number of amides is 2. The van der Waals surface area contributed by atoms with E-state index < -0.39 is 11.5 Å². The number of hydrogen-bond donors (Lipinski definition) is 1. The van der Waals surface area contributed by atoms with Gasteiger partial charge in [0, 0.05) is 26.2 Å². The van der Waals surface area contributed by atoms with Gasteiger partial charge in [0.2, 0.25) is 0 Å². The third kappa shape index (κ3) is 4.38. The second-order valence-corrected chi connectivity index (χ2v) is 5.17. The summed E-state index contributed by atoms with van der Waals surface area (Å²) in [6.07, 6.45) is 0. The molecule has 19 heavy (non-hydrogen) atoms. The zero-order valence-corrected chi connectivity index (χ0v) is 12.8. The highest BCUT2D eigenvalue weighted by Gasteiger charge is 2.39. The highest BCUT2D eigenvalue weighted by Crippen LogP contribution is 2.18. The summed E-state index contributed by atoms with van der Waals surface area (Å²) in [5.74, 6) is -1.02. The van der Waals surface area contributed by atoms with E-state index in [9.17, 15) is 14.7 Å². The summed E-state index contributed by atoms with van der Waals surface area (Å²) in [5, 5.41) is 9.25. The molecule has 0 aliphatic rings. The Morgan fingerprint density at radius 1 is 1.32 bits per heavy atom. The quantitative estimate of drug-likeness (QED) is 0.766. The van der Waals surface area contributed by atoms with Gasteiger partial charge in [-0.1, -0.05) is 0 Å². The van der Waals surface area contributed by atoms with Gasteiger partial charge in [-0.3, -0.25) is 0 Å². The number of urea groups is 1. The first-order valence-corrected chi connectivity index (χ1v) is 6.50. The van der Waals surface area contributed by atoms with E-state index in [4.69, 9.17) is 4.74 Å². The number of carboxylic acids is 1. The zero-order chi connectivity index (χ0) is 15.2. The minimum atomic E-state index is -1.23. The molecule has 0 aliphatic heterocycles. The zero-order valence-electron chi connectivity index (χ0n) is 12.8. The average molecular weight is 274 g/mol. The Kier molecular flexibility index (Phi) is 6.83. The van der Waals surface area contributed by atoms with Gasteiger partial charge < -0.3 is 19.6 Å². The molecule has 0 saturated heterocycles. The van der Waals surface area contributed by atoms with Gasteiger partial charge in [0.1, 0.15) is 5.54 Å². The number of carboxylic acid groups (broad SMARTS) is 1. The fourth-order valence-electron chi connectivity index (χ4n) is 1.80. The molecule has 0 fully saturated rings. The van der Waals surface area contributed by atoms with Crippen LogP contribution in [0.2, 0.25) is 0 Å². The topological polar surface area (TPSA) is 70.1 Å². The number of rotatable bonds is 7. The maximum Gasteiger partial charge on any atom is 0.329 e. The molecule has 6 nitrogen and oxygen atoms in total. The van der Waals surface area contributed by atoms with E-state index in [0.29, 0.717) is 19.7 Å². The van der Waals surface area contributed by atoms with Crippen LogP contribution in [0.3, 0.4) is 0 Å². The third-order valence-electron chi connectivity index (χ3n) is 3.15. The Balaban J connectivity index is 5.13. The summed E-state index contributed by atoms with van der Waals surface area (Å²) in [4.78, 5) is 26.8. The number of carbonyl (C=O) groups is 2. The Morgan fingerprint density at radius 2 is 1.84 bits per heavy atom. The van der Waals surface area contributed by atoms with Crippen LogP contribution in [0.15, 0.2) is 0 Å². The number of aliphatic carboxylic acids is 1. The Labute approximate surface area is 115 Å². The molecule has 0 spiro atoms. The lowest BCUT2D eigenvalue weighted by atomic mass is 10.0. The van der Waals surface area contributed by atoms with Crippen molar-refractivity contribution in [1.82, 2.24) is 9.80 Å². The number of hydrogen-bond acceptors (Lipinski definition) is 3. The molecule has 0 aromatic rings. The minimum Gasteiger partial charge on any atom is -0.480 e. The summed E-state index contributed by atoms with van der Waals surface area (Å²) >= 11 is 0. The van der Waals surface area contributed by atoms with Crippen LogP contribution in [0.4, 0.5) is 4.79 Å².